The largest absolute Gasteiger partial charge is 0.369 e. The molecule has 0 radical (unpaired) electrons. The maximum atomic E-state index is 14.9. The highest BCUT2D eigenvalue weighted by Gasteiger charge is 2.23. The minimum atomic E-state index is -1.15. The first-order valence-electron chi connectivity index (χ1n) is 11.4. The molecule has 1 atom stereocenters. The number of pyridine rings is 1. The molecule has 3 aromatic rings. The third kappa shape index (κ3) is 5.35. The number of aromatic nitrogens is 1. The van der Waals surface area contributed by atoms with E-state index in [0.717, 1.165) is 61.7 Å². The normalized spacial score (nSPS) is 15.3. The summed E-state index contributed by atoms with van der Waals surface area (Å²) in [6, 6.07) is 19.5. The minimum absolute atomic E-state index is 0.351. The summed E-state index contributed by atoms with van der Waals surface area (Å²) in [6.07, 6.45) is 1.97. The molecule has 4 rings (SSSR count). The van der Waals surface area contributed by atoms with Crippen molar-refractivity contribution < 1.29 is 4.39 Å². The van der Waals surface area contributed by atoms with Crippen LogP contribution in [0.15, 0.2) is 60.8 Å². The molecule has 0 bridgehead atoms. The molecular weight excluding hydrogens is 435 g/mol. The van der Waals surface area contributed by atoms with Crippen molar-refractivity contribution in [2.24, 2.45) is 0 Å². The molecule has 2 heterocycles. The fourth-order valence-corrected chi connectivity index (χ4v) is 4.65. The van der Waals surface area contributed by atoms with Crippen LogP contribution in [0.4, 0.5) is 10.1 Å². The van der Waals surface area contributed by atoms with E-state index in [4.69, 9.17) is 11.6 Å². The Balaban J connectivity index is 1.56. The van der Waals surface area contributed by atoms with Crippen LogP contribution in [-0.2, 0) is 6.42 Å². The minimum Gasteiger partial charge on any atom is -0.369 e. The van der Waals surface area contributed by atoms with E-state index in [1.807, 2.05) is 55.6 Å². The quantitative estimate of drug-likeness (QED) is 0.428. The predicted octanol–water partition coefficient (Wildman–Crippen LogP) is 6.06. The smallest absolute Gasteiger partial charge is 0.126 e. The first-order chi connectivity index (χ1) is 16.1. The topological polar surface area (TPSA) is 43.2 Å². The highest BCUT2D eigenvalue weighted by Crippen LogP contribution is 2.41. The first-order valence-corrected chi connectivity index (χ1v) is 11.8. The molecule has 0 saturated carbocycles. The van der Waals surface area contributed by atoms with Crippen molar-refractivity contribution in [2.75, 3.05) is 37.6 Å². The maximum Gasteiger partial charge on any atom is 0.126 e. The summed E-state index contributed by atoms with van der Waals surface area (Å²) in [4.78, 5) is 9.14. The Morgan fingerprint density at radius 3 is 2.52 bits per heavy atom. The average molecular weight is 463 g/mol. The molecule has 6 heteroatoms. The van der Waals surface area contributed by atoms with E-state index in [2.05, 4.69) is 26.9 Å². The van der Waals surface area contributed by atoms with Crippen molar-refractivity contribution in [2.45, 2.75) is 25.9 Å². The molecule has 1 aliphatic rings. The van der Waals surface area contributed by atoms with Gasteiger partial charge in [-0.1, -0.05) is 42.8 Å². The second-order valence-electron chi connectivity index (χ2n) is 8.33. The lowest BCUT2D eigenvalue weighted by Crippen LogP contribution is -2.47. The van der Waals surface area contributed by atoms with Crippen molar-refractivity contribution in [1.82, 2.24) is 9.88 Å². The van der Waals surface area contributed by atoms with E-state index in [-0.39, 0.29) is 0 Å². The summed E-state index contributed by atoms with van der Waals surface area (Å²) in [5.74, 6) is 0. The van der Waals surface area contributed by atoms with Crippen molar-refractivity contribution in [3.8, 4) is 17.2 Å². The Hall–Kier alpha value is -2.94. The van der Waals surface area contributed by atoms with Gasteiger partial charge in [0.05, 0.1) is 16.7 Å². The van der Waals surface area contributed by atoms with Crippen LogP contribution in [0, 0.1) is 11.3 Å². The molecule has 0 spiro atoms. The van der Waals surface area contributed by atoms with Crippen LogP contribution < -0.4 is 4.90 Å². The monoisotopic (exact) mass is 462 g/mol. The zero-order valence-corrected chi connectivity index (χ0v) is 19.6. The lowest BCUT2D eigenvalue weighted by Gasteiger charge is -2.36. The standard InChI is InChI=1S/C27H28ClFN4/c1-2-26(29)25-18-22(17-24(27(25)28)23-9-4-3-7-20(23)19-30)33-15-13-32(14-16-33)12-10-21-8-5-6-11-31-21/h3-9,11,17-18,26H,2,10,12-16H2,1H3. The fourth-order valence-electron chi connectivity index (χ4n) is 4.32. The maximum absolute atomic E-state index is 14.9. The van der Waals surface area contributed by atoms with Crippen LogP contribution in [0.1, 0.15) is 36.3 Å². The molecule has 170 valence electrons. The zero-order chi connectivity index (χ0) is 23.2. The van der Waals surface area contributed by atoms with E-state index in [1.165, 1.54) is 0 Å². The Morgan fingerprint density at radius 1 is 1.06 bits per heavy atom. The molecule has 33 heavy (non-hydrogen) atoms. The number of nitriles is 1. The second-order valence-corrected chi connectivity index (χ2v) is 8.71. The van der Waals surface area contributed by atoms with Gasteiger partial charge in [-0.3, -0.25) is 9.88 Å². The van der Waals surface area contributed by atoms with Crippen molar-refractivity contribution in [3.05, 3.63) is 82.6 Å². The molecule has 1 saturated heterocycles. The Labute approximate surface area is 200 Å². The van der Waals surface area contributed by atoms with Crippen LogP contribution >= 0.6 is 11.6 Å². The number of rotatable bonds is 7. The lowest BCUT2D eigenvalue weighted by atomic mass is 9.95. The van der Waals surface area contributed by atoms with Crippen LogP contribution in [-0.4, -0.2) is 42.6 Å². The molecular formula is C27H28ClFN4. The van der Waals surface area contributed by atoms with Crippen molar-refractivity contribution >= 4 is 17.3 Å². The molecule has 0 N–H and O–H groups in total. The summed E-state index contributed by atoms with van der Waals surface area (Å²) in [6.45, 7) is 6.36. The average Bonchev–Trinajstić information content (AvgIpc) is 2.88. The Bertz CT molecular complexity index is 1120. The number of piperazine rings is 1. The zero-order valence-electron chi connectivity index (χ0n) is 18.8. The van der Waals surface area contributed by atoms with Gasteiger partial charge in [-0.15, -0.1) is 0 Å². The van der Waals surface area contributed by atoms with Gasteiger partial charge in [0.25, 0.3) is 0 Å². The predicted molar refractivity (Wildman–Crippen MR) is 132 cm³/mol. The summed E-state index contributed by atoms with van der Waals surface area (Å²) >= 11 is 6.70. The highest BCUT2D eigenvalue weighted by atomic mass is 35.5. The summed E-state index contributed by atoms with van der Waals surface area (Å²) in [5, 5.41) is 9.98. The number of alkyl halides is 1. The number of hydrogen-bond donors (Lipinski definition) is 0. The molecule has 0 amide bonds. The van der Waals surface area contributed by atoms with E-state index in [9.17, 15) is 9.65 Å². The van der Waals surface area contributed by atoms with Gasteiger partial charge >= 0.3 is 0 Å². The molecule has 1 unspecified atom stereocenters. The van der Waals surface area contributed by atoms with E-state index in [0.29, 0.717) is 22.6 Å². The molecule has 1 aromatic heterocycles. The third-order valence-electron chi connectivity index (χ3n) is 6.27. The van der Waals surface area contributed by atoms with Gasteiger partial charge in [-0.05, 0) is 36.8 Å². The van der Waals surface area contributed by atoms with Gasteiger partial charge in [0.1, 0.15) is 6.17 Å². The summed E-state index contributed by atoms with van der Waals surface area (Å²) in [7, 11) is 0. The molecule has 1 fully saturated rings. The van der Waals surface area contributed by atoms with Gasteiger partial charge in [-0.2, -0.15) is 5.26 Å². The molecule has 4 nitrogen and oxygen atoms in total. The van der Waals surface area contributed by atoms with Gasteiger partial charge in [0.2, 0.25) is 0 Å². The SMILES string of the molecule is CCC(F)c1cc(N2CCN(CCc3ccccn3)CC2)cc(-c2ccccc2C#N)c1Cl. The Kier molecular flexibility index (Phi) is 7.59. The van der Waals surface area contributed by atoms with Gasteiger partial charge in [0.15, 0.2) is 0 Å². The van der Waals surface area contributed by atoms with Crippen molar-refractivity contribution in [1.29, 1.82) is 5.26 Å². The molecule has 1 aliphatic heterocycles. The Morgan fingerprint density at radius 2 is 1.82 bits per heavy atom. The van der Waals surface area contributed by atoms with Crippen LogP contribution in [0.3, 0.4) is 0 Å². The molecule has 0 aliphatic carbocycles. The van der Waals surface area contributed by atoms with E-state index < -0.39 is 6.17 Å². The van der Waals surface area contributed by atoms with E-state index >= 15 is 0 Å². The van der Waals surface area contributed by atoms with Crippen LogP contribution in [0.25, 0.3) is 11.1 Å². The summed E-state index contributed by atoms with van der Waals surface area (Å²) in [5.41, 5.74) is 4.56. The number of benzene rings is 2. The molecule has 2 aromatic carbocycles. The first kappa shape index (κ1) is 23.2. The van der Waals surface area contributed by atoms with Gasteiger partial charge in [0, 0.05) is 73.4 Å². The number of halogens is 2. The lowest BCUT2D eigenvalue weighted by molar-refractivity contribution is 0.260. The summed E-state index contributed by atoms with van der Waals surface area (Å²) < 4.78 is 14.9. The van der Waals surface area contributed by atoms with Crippen molar-refractivity contribution in [3.63, 3.8) is 0 Å². The number of hydrogen-bond acceptors (Lipinski definition) is 4. The van der Waals surface area contributed by atoms with E-state index in [1.54, 1.807) is 6.07 Å². The van der Waals surface area contributed by atoms with Gasteiger partial charge in [-0.25, -0.2) is 4.39 Å². The van der Waals surface area contributed by atoms with Crippen LogP contribution in [0.2, 0.25) is 5.02 Å². The third-order valence-corrected chi connectivity index (χ3v) is 6.69. The highest BCUT2D eigenvalue weighted by molar-refractivity contribution is 6.34. The van der Waals surface area contributed by atoms with Gasteiger partial charge < -0.3 is 4.90 Å². The fraction of sp³-hybridized carbons (Fsp3) is 0.333. The second kappa shape index (κ2) is 10.8. The van der Waals surface area contributed by atoms with Crippen LogP contribution in [0.5, 0.6) is 0 Å². The number of nitrogens with zero attached hydrogens (tertiary/aromatic N) is 4. The number of anilines is 1.